The second-order valence-corrected chi connectivity index (χ2v) is 2.56. The molecule has 0 aliphatic rings. The van der Waals surface area contributed by atoms with Crippen LogP contribution in [0.1, 0.15) is 18.9 Å². The molecule has 1 N–H and O–H groups in total. The molecule has 0 fully saturated rings. The first kappa shape index (κ1) is 9.45. The van der Waals surface area contributed by atoms with Crippen molar-refractivity contribution in [2.45, 2.75) is 13.3 Å². The zero-order valence-electron chi connectivity index (χ0n) is 7.51. The standard InChI is InChI=1S/C10H12N2O/c1-2-10(12-13)4-3-9-5-7-11-8-6-9/h3-8,13H,2H2,1H3/b4-3+,12-10+. The smallest absolute Gasteiger partial charge is 0.0793 e. The second-order valence-electron chi connectivity index (χ2n) is 2.56. The van der Waals surface area contributed by atoms with Gasteiger partial charge in [-0.15, -0.1) is 0 Å². The van der Waals surface area contributed by atoms with Crippen LogP contribution in [0.3, 0.4) is 0 Å². The van der Waals surface area contributed by atoms with Gasteiger partial charge in [-0.2, -0.15) is 0 Å². The number of allylic oxidation sites excluding steroid dienone is 1. The van der Waals surface area contributed by atoms with Gasteiger partial charge in [0, 0.05) is 12.4 Å². The van der Waals surface area contributed by atoms with Crippen LogP contribution in [-0.2, 0) is 0 Å². The fraction of sp³-hybridized carbons (Fsp3) is 0.200. The van der Waals surface area contributed by atoms with Crippen LogP contribution in [0, 0.1) is 0 Å². The van der Waals surface area contributed by atoms with E-state index in [-0.39, 0.29) is 0 Å². The molecule has 1 aromatic heterocycles. The highest BCUT2D eigenvalue weighted by molar-refractivity contribution is 5.97. The minimum atomic E-state index is 0.664. The van der Waals surface area contributed by atoms with Gasteiger partial charge in [0.1, 0.15) is 0 Å². The molecule has 0 aromatic carbocycles. The fourth-order valence-electron chi connectivity index (χ4n) is 0.889. The molecule has 1 heterocycles. The molecule has 3 nitrogen and oxygen atoms in total. The van der Waals surface area contributed by atoms with Gasteiger partial charge in [0.25, 0.3) is 0 Å². The quantitative estimate of drug-likeness (QED) is 0.436. The SMILES string of the molecule is CCC(/C=C/c1ccncc1)=N\O. The monoisotopic (exact) mass is 176 g/mol. The molecule has 0 radical (unpaired) electrons. The van der Waals surface area contributed by atoms with Crippen LogP contribution in [0.5, 0.6) is 0 Å². The Morgan fingerprint density at radius 1 is 1.54 bits per heavy atom. The van der Waals surface area contributed by atoms with Gasteiger partial charge in [-0.3, -0.25) is 4.98 Å². The van der Waals surface area contributed by atoms with Crippen molar-refractivity contribution in [2.75, 3.05) is 0 Å². The summed E-state index contributed by atoms with van der Waals surface area (Å²) in [5.74, 6) is 0. The maximum absolute atomic E-state index is 8.53. The predicted octanol–water partition coefficient (Wildman–Crippen LogP) is 2.33. The van der Waals surface area contributed by atoms with Crippen molar-refractivity contribution in [3.05, 3.63) is 36.2 Å². The molecule has 0 bridgehead atoms. The largest absolute Gasteiger partial charge is 0.411 e. The third-order valence-corrected chi connectivity index (χ3v) is 1.66. The molecule has 13 heavy (non-hydrogen) atoms. The molecule has 0 amide bonds. The maximum Gasteiger partial charge on any atom is 0.0793 e. The highest BCUT2D eigenvalue weighted by atomic mass is 16.4. The van der Waals surface area contributed by atoms with Crippen LogP contribution in [0.15, 0.2) is 35.8 Å². The molecule has 3 heteroatoms. The minimum Gasteiger partial charge on any atom is -0.411 e. The lowest BCUT2D eigenvalue weighted by atomic mass is 10.2. The van der Waals surface area contributed by atoms with Gasteiger partial charge < -0.3 is 5.21 Å². The van der Waals surface area contributed by atoms with Crippen LogP contribution >= 0.6 is 0 Å². The summed E-state index contributed by atoms with van der Waals surface area (Å²) in [6.07, 6.45) is 7.84. The number of pyridine rings is 1. The van der Waals surface area contributed by atoms with Gasteiger partial charge in [-0.1, -0.05) is 18.2 Å². The Bertz CT molecular complexity index is 304. The molecule has 0 spiro atoms. The number of aromatic nitrogens is 1. The summed E-state index contributed by atoms with van der Waals surface area (Å²) >= 11 is 0. The topological polar surface area (TPSA) is 45.5 Å². The van der Waals surface area contributed by atoms with Crippen LogP contribution < -0.4 is 0 Å². The molecule has 0 atom stereocenters. The van der Waals surface area contributed by atoms with E-state index in [4.69, 9.17) is 5.21 Å². The molecule has 68 valence electrons. The molecular formula is C10H12N2O. The zero-order chi connectivity index (χ0) is 9.52. The van der Waals surface area contributed by atoms with Gasteiger partial charge in [0.15, 0.2) is 0 Å². The third-order valence-electron chi connectivity index (χ3n) is 1.66. The predicted molar refractivity (Wildman–Crippen MR) is 52.8 cm³/mol. The Balaban J connectivity index is 2.69. The van der Waals surface area contributed by atoms with E-state index in [1.54, 1.807) is 18.5 Å². The normalized spacial score (nSPS) is 12.2. The average molecular weight is 176 g/mol. The average Bonchev–Trinajstić information content (AvgIpc) is 2.21. The number of rotatable bonds is 3. The van der Waals surface area contributed by atoms with Crippen molar-refractivity contribution in [1.29, 1.82) is 0 Å². The Hall–Kier alpha value is -1.64. The van der Waals surface area contributed by atoms with Crippen LogP contribution in [0.25, 0.3) is 6.08 Å². The summed E-state index contributed by atoms with van der Waals surface area (Å²) < 4.78 is 0. The van der Waals surface area contributed by atoms with E-state index in [1.165, 1.54) is 0 Å². The van der Waals surface area contributed by atoms with E-state index < -0.39 is 0 Å². The zero-order valence-corrected chi connectivity index (χ0v) is 7.51. The van der Waals surface area contributed by atoms with Crippen molar-refractivity contribution in [2.24, 2.45) is 5.16 Å². The van der Waals surface area contributed by atoms with Crippen LogP contribution in [0.2, 0.25) is 0 Å². The van der Waals surface area contributed by atoms with Crippen molar-refractivity contribution in [3.63, 3.8) is 0 Å². The lowest BCUT2D eigenvalue weighted by Crippen LogP contribution is -1.88. The van der Waals surface area contributed by atoms with E-state index in [1.807, 2.05) is 25.1 Å². The minimum absolute atomic E-state index is 0.664. The number of hydrogen-bond acceptors (Lipinski definition) is 3. The van der Waals surface area contributed by atoms with Crippen LogP contribution in [-0.4, -0.2) is 15.9 Å². The van der Waals surface area contributed by atoms with Gasteiger partial charge in [-0.05, 0) is 30.2 Å². The Morgan fingerprint density at radius 2 is 2.23 bits per heavy atom. The number of oxime groups is 1. The van der Waals surface area contributed by atoms with Crippen molar-refractivity contribution in [3.8, 4) is 0 Å². The lowest BCUT2D eigenvalue weighted by Gasteiger charge is -1.92. The van der Waals surface area contributed by atoms with E-state index >= 15 is 0 Å². The highest BCUT2D eigenvalue weighted by Gasteiger charge is 1.89. The first-order valence-corrected chi connectivity index (χ1v) is 4.16. The van der Waals surface area contributed by atoms with Gasteiger partial charge in [-0.25, -0.2) is 0 Å². The van der Waals surface area contributed by atoms with Crippen molar-refractivity contribution >= 4 is 11.8 Å². The van der Waals surface area contributed by atoms with Crippen molar-refractivity contribution in [1.82, 2.24) is 4.98 Å². The summed E-state index contributed by atoms with van der Waals surface area (Å²) in [4.78, 5) is 3.90. The van der Waals surface area contributed by atoms with Crippen LogP contribution in [0.4, 0.5) is 0 Å². The summed E-state index contributed by atoms with van der Waals surface area (Å²) in [6, 6.07) is 3.78. The molecule has 1 aromatic rings. The molecule has 1 rings (SSSR count). The molecule has 0 aliphatic heterocycles. The Kier molecular flexibility index (Phi) is 3.70. The van der Waals surface area contributed by atoms with Gasteiger partial charge in [0.05, 0.1) is 5.71 Å². The Labute approximate surface area is 77.4 Å². The summed E-state index contributed by atoms with van der Waals surface area (Å²) in [6.45, 7) is 1.94. The van der Waals surface area contributed by atoms with Gasteiger partial charge >= 0.3 is 0 Å². The molecule has 0 saturated carbocycles. The fourth-order valence-corrected chi connectivity index (χ4v) is 0.889. The lowest BCUT2D eigenvalue weighted by molar-refractivity contribution is 0.318. The molecule has 0 aliphatic carbocycles. The van der Waals surface area contributed by atoms with Crippen molar-refractivity contribution < 1.29 is 5.21 Å². The van der Waals surface area contributed by atoms with E-state index in [2.05, 4.69) is 10.1 Å². The Morgan fingerprint density at radius 3 is 2.77 bits per heavy atom. The first-order valence-electron chi connectivity index (χ1n) is 4.16. The van der Waals surface area contributed by atoms with E-state index in [9.17, 15) is 0 Å². The number of hydrogen-bond donors (Lipinski definition) is 1. The van der Waals surface area contributed by atoms with Gasteiger partial charge in [0.2, 0.25) is 0 Å². The third kappa shape index (κ3) is 3.07. The molecule has 0 saturated heterocycles. The number of nitrogens with zero attached hydrogens (tertiary/aromatic N) is 2. The summed E-state index contributed by atoms with van der Waals surface area (Å²) in [7, 11) is 0. The maximum atomic E-state index is 8.53. The molecular weight excluding hydrogens is 164 g/mol. The summed E-state index contributed by atoms with van der Waals surface area (Å²) in [5, 5.41) is 11.7. The second kappa shape index (κ2) is 5.09. The summed E-state index contributed by atoms with van der Waals surface area (Å²) in [5.41, 5.74) is 1.71. The molecule has 0 unspecified atom stereocenters. The van der Waals surface area contributed by atoms with E-state index in [0.717, 1.165) is 12.0 Å². The first-order chi connectivity index (χ1) is 6.36. The highest BCUT2D eigenvalue weighted by Crippen LogP contribution is 2.00. The van der Waals surface area contributed by atoms with E-state index in [0.29, 0.717) is 5.71 Å².